The van der Waals surface area contributed by atoms with E-state index in [1.165, 1.54) is 17.7 Å². The fraction of sp³-hybridized carbons (Fsp3) is 0.692. The maximum atomic E-state index is 5.49. The van der Waals surface area contributed by atoms with Crippen LogP contribution in [0.1, 0.15) is 43.3 Å². The van der Waals surface area contributed by atoms with Crippen molar-refractivity contribution in [1.29, 1.82) is 0 Å². The van der Waals surface area contributed by atoms with Gasteiger partial charge in [0.1, 0.15) is 11.6 Å². The first-order valence-electron chi connectivity index (χ1n) is 6.67. The Bertz CT molecular complexity index is 376. The van der Waals surface area contributed by atoms with E-state index < -0.39 is 0 Å². The lowest BCUT2D eigenvalue weighted by molar-refractivity contribution is 0.769. The summed E-state index contributed by atoms with van der Waals surface area (Å²) in [6.07, 6.45) is 6.54. The number of anilines is 1. The van der Waals surface area contributed by atoms with Gasteiger partial charge in [-0.25, -0.2) is 9.97 Å². The van der Waals surface area contributed by atoms with Crippen molar-refractivity contribution in [3.05, 3.63) is 17.1 Å². The Hall–Kier alpha value is -1.16. The molecule has 17 heavy (non-hydrogen) atoms. The van der Waals surface area contributed by atoms with Crippen molar-refractivity contribution in [2.24, 2.45) is 5.73 Å². The molecule has 0 fully saturated rings. The summed E-state index contributed by atoms with van der Waals surface area (Å²) in [5.74, 6) is 2.04. The summed E-state index contributed by atoms with van der Waals surface area (Å²) in [6, 6.07) is 0. The highest BCUT2D eigenvalue weighted by atomic mass is 15.0. The minimum atomic E-state index is 0.768. The summed E-state index contributed by atoms with van der Waals surface area (Å²) in [6.45, 7) is 3.84. The highest BCUT2D eigenvalue weighted by Crippen LogP contribution is 2.26. The van der Waals surface area contributed by atoms with E-state index in [9.17, 15) is 0 Å². The Balaban J connectivity index is 2.07. The van der Waals surface area contributed by atoms with Crippen molar-refractivity contribution in [1.82, 2.24) is 9.97 Å². The van der Waals surface area contributed by atoms with Crippen LogP contribution in [-0.2, 0) is 19.3 Å². The Morgan fingerprint density at radius 1 is 1.24 bits per heavy atom. The molecule has 94 valence electrons. The molecule has 0 aliphatic heterocycles. The summed E-state index contributed by atoms with van der Waals surface area (Å²) in [5.41, 5.74) is 8.10. The highest BCUT2D eigenvalue weighted by Gasteiger charge is 2.18. The zero-order valence-corrected chi connectivity index (χ0v) is 10.6. The van der Waals surface area contributed by atoms with Crippen LogP contribution in [0.3, 0.4) is 0 Å². The smallest absolute Gasteiger partial charge is 0.133 e. The first-order valence-corrected chi connectivity index (χ1v) is 6.67. The van der Waals surface area contributed by atoms with E-state index >= 15 is 0 Å². The SMILES string of the molecule is CCc1nc2c(c(NCCCCN)n1)CCC2. The minimum Gasteiger partial charge on any atom is -0.370 e. The van der Waals surface area contributed by atoms with E-state index in [4.69, 9.17) is 5.73 Å². The number of unbranched alkanes of at least 4 members (excludes halogenated alkanes) is 1. The van der Waals surface area contributed by atoms with Crippen molar-refractivity contribution >= 4 is 5.82 Å². The summed E-state index contributed by atoms with van der Waals surface area (Å²) in [5, 5.41) is 3.45. The van der Waals surface area contributed by atoms with Crippen LogP contribution < -0.4 is 11.1 Å². The van der Waals surface area contributed by atoms with Gasteiger partial charge in [0.15, 0.2) is 0 Å². The first kappa shape index (κ1) is 12.3. The second-order valence-corrected chi connectivity index (χ2v) is 4.54. The molecule has 0 atom stereocenters. The highest BCUT2D eigenvalue weighted by molar-refractivity contribution is 5.48. The van der Waals surface area contributed by atoms with Crippen LogP contribution in [0.15, 0.2) is 0 Å². The van der Waals surface area contributed by atoms with Gasteiger partial charge in [0.05, 0.1) is 0 Å². The molecule has 1 heterocycles. The molecule has 1 aliphatic rings. The third-order valence-corrected chi connectivity index (χ3v) is 3.22. The molecule has 1 aromatic rings. The molecule has 0 unspecified atom stereocenters. The van der Waals surface area contributed by atoms with Gasteiger partial charge in [0.25, 0.3) is 0 Å². The lowest BCUT2D eigenvalue weighted by Gasteiger charge is -2.11. The molecular formula is C13H22N4. The van der Waals surface area contributed by atoms with Crippen molar-refractivity contribution in [2.45, 2.75) is 45.4 Å². The minimum absolute atomic E-state index is 0.768. The van der Waals surface area contributed by atoms with Crippen LogP contribution >= 0.6 is 0 Å². The van der Waals surface area contributed by atoms with E-state index in [1.807, 2.05) is 0 Å². The number of hydrogen-bond donors (Lipinski definition) is 2. The van der Waals surface area contributed by atoms with Gasteiger partial charge in [-0.1, -0.05) is 6.92 Å². The summed E-state index contributed by atoms with van der Waals surface area (Å²) in [4.78, 5) is 9.21. The van der Waals surface area contributed by atoms with Gasteiger partial charge in [-0.2, -0.15) is 0 Å². The quantitative estimate of drug-likeness (QED) is 0.735. The Morgan fingerprint density at radius 3 is 2.88 bits per heavy atom. The molecule has 3 N–H and O–H groups in total. The third kappa shape index (κ3) is 2.94. The van der Waals surface area contributed by atoms with Gasteiger partial charge in [-0.15, -0.1) is 0 Å². The number of hydrogen-bond acceptors (Lipinski definition) is 4. The second-order valence-electron chi connectivity index (χ2n) is 4.54. The largest absolute Gasteiger partial charge is 0.370 e. The summed E-state index contributed by atoms with van der Waals surface area (Å²) in [7, 11) is 0. The number of aryl methyl sites for hydroxylation is 2. The molecular weight excluding hydrogens is 212 g/mol. The van der Waals surface area contributed by atoms with E-state index in [1.54, 1.807) is 0 Å². The van der Waals surface area contributed by atoms with Gasteiger partial charge in [0.2, 0.25) is 0 Å². The van der Waals surface area contributed by atoms with Crippen LogP contribution in [0.4, 0.5) is 5.82 Å². The zero-order valence-electron chi connectivity index (χ0n) is 10.6. The Kier molecular flexibility index (Phi) is 4.31. The lowest BCUT2D eigenvalue weighted by Crippen LogP contribution is -2.11. The van der Waals surface area contributed by atoms with Gasteiger partial charge >= 0.3 is 0 Å². The van der Waals surface area contributed by atoms with E-state index in [-0.39, 0.29) is 0 Å². The molecule has 0 bridgehead atoms. The van der Waals surface area contributed by atoms with Crippen LogP contribution in [0.2, 0.25) is 0 Å². The van der Waals surface area contributed by atoms with Crippen molar-refractivity contribution in [2.75, 3.05) is 18.4 Å². The summed E-state index contributed by atoms with van der Waals surface area (Å²) < 4.78 is 0. The number of nitrogens with two attached hydrogens (primary N) is 1. The topological polar surface area (TPSA) is 63.8 Å². The average molecular weight is 234 g/mol. The summed E-state index contributed by atoms with van der Waals surface area (Å²) >= 11 is 0. The van der Waals surface area contributed by atoms with E-state index in [2.05, 4.69) is 22.2 Å². The van der Waals surface area contributed by atoms with Crippen molar-refractivity contribution in [3.8, 4) is 0 Å². The van der Waals surface area contributed by atoms with Gasteiger partial charge < -0.3 is 11.1 Å². The van der Waals surface area contributed by atoms with Crippen LogP contribution in [0.5, 0.6) is 0 Å². The standard InChI is InChI=1S/C13H22N4/c1-2-12-16-11-7-5-6-10(11)13(17-12)15-9-4-3-8-14/h2-9,14H2,1H3,(H,15,16,17). The predicted octanol–water partition coefficient (Wildman–Crippen LogP) is 1.68. The van der Waals surface area contributed by atoms with Crippen LogP contribution in [0, 0.1) is 0 Å². The Morgan fingerprint density at radius 2 is 2.12 bits per heavy atom. The molecule has 4 nitrogen and oxygen atoms in total. The van der Waals surface area contributed by atoms with Crippen LogP contribution in [0.25, 0.3) is 0 Å². The number of nitrogens with one attached hydrogen (secondary N) is 1. The van der Waals surface area contributed by atoms with E-state index in [0.29, 0.717) is 0 Å². The number of fused-ring (bicyclic) bond motifs is 1. The fourth-order valence-corrected chi connectivity index (χ4v) is 2.26. The molecule has 0 amide bonds. The molecule has 1 aliphatic carbocycles. The number of nitrogens with zero attached hydrogens (tertiary/aromatic N) is 2. The predicted molar refractivity (Wildman–Crippen MR) is 70.2 cm³/mol. The van der Waals surface area contributed by atoms with Crippen molar-refractivity contribution < 1.29 is 0 Å². The maximum absolute atomic E-state index is 5.49. The van der Waals surface area contributed by atoms with Gasteiger partial charge in [0, 0.05) is 24.2 Å². The first-order chi connectivity index (χ1) is 8.35. The Labute approximate surface area is 103 Å². The fourth-order valence-electron chi connectivity index (χ4n) is 2.26. The average Bonchev–Trinajstić information content (AvgIpc) is 2.82. The number of aromatic nitrogens is 2. The van der Waals surface area contributed by atoms with E-state index in [0.717, 1.165) is 56.8 Å². The molecule has 0 saturated carbocycles. The van der Waals surface area contributed by atoms with Gasteiger partial charge in [-0.05, 0) is 38.6 Å². The second kappa shape index (κ2) is 5.96. The molecule has 0 saturated heterocycles. The molecule has 0 aromatic carbocycles. The normalized spacial score (nSPS) is 13.8. The third-order valence-electron chi connectivity index (χ3n) is 3.22. The molecule has 4 heteroatoms. The molecule has 0 spiro atoms. The monoisotopic (exact) mass is 234 g/mol. The molecule has 1 aromatic heterocycles. The molecule has 2 rings (SSSR count). The lowest BCUT2D eigenvalue weighted by atomic mass is 10.2. The van der Waals surface area contributed by atoms with Crippen LogP contribution in [-0.4, -0.2) is 23.1 Å². The maximum Gasteiger partial charge on any atom is 0.133 e. The van der Waals surface area contributed by atoms with Gasteiger partial charge in [-0.3, -0.25) is 0 Å². The number of rotatable bonds is 6. The van der Waals surface area contributed by atoms with Crippen molar-refractivity contribution in [3.63, 3.8) is 0 Å². The molecule has 0 radical (unpaired) electrons. The zero-order chi connectivity index (χ0) is 12.1.